The molecule has 0 aliphatic carbocycles. The van der Waals surface area contributed by atoms with E-state index in [2.05, 4.69) is 22.0 Å². The third kappa shape index (κ3) is 2.56. The van der Waals surface area contributed by atoms with Gasteiger partial charge in [-0.25, -0.2) is 0 Å². The third-order valence-corrected chi connectivity index (χ3v) is 3.81. The molecule has 0 N–H and O–H groups in total. The lowest BCUT2D eigenvalue weighted by Crippen LogP contribution is -2.31. The van der Waals surface area contributed by atoms with Gasteiger partial charge in [0.1, 0.15) is 0 Å². The fourth-order valence-corrected chi connectivity index (χ4v) is 2.27. The van der Waals surface area contributed by atoms with Gasteiger partial charge in [0.2, 0.25) is 5.91 Å². The summed E-state index contributed by atoms with van der Waals surface area (Å²) in [5.74, 6) is 0.156. The van der Waals surface area contributed by atoms with Gasteiger partial charge in [-0.3, -0.25) is 9.59 Å². The van der Waals surface area contributed by atoms with E-state index in [1.807, 2.05) is 12.1 Å². The zero-order chi connectivity index (χ0) is 13.3. The quantitative estimate of drug-likeness (QED) is 0.622. The number of fused-ring (bicyclic) bond motifs is 1. The molecule has 0 unspecified atom stereocenters. The van der Waals surface area contributed by atoms with Crippen LogP contribution in [-0.4, -0.2) is 29.7 Å². The Balaban J connectivity index is 2.23. The Morgan fingerprint density at radius 2 is 2.17 bits per heavy atom. The lowest BCUT2D eigenvalue weighted by molar-refractivity contribution is -0.118. The number of hydrogen-bond donors (Lipinski definition) is 0. The van der Waals surface area contributed by atoms with Crippen molar-refractivity contribution in [3.8, 4) is 0 Å². The van der Waals surface area contributed by atoms with Crippen LogP contribution in [0, 0.1) is 0 Å². The van der Waals surface area contributed by atoms with Gasteiger partial charge in [-0.2, -0.15) is 0 Å². The molecule has 1 heterocycles. The van der Waals surface area contributed by atoms with Crippen LogP contribution in [0.3, 0.4) is 0 Å². The van der Waals surface area contributed by atoms with Gasteiger partial charge < -0.3 is 9.80 Å². The molecule has 0 saturated carbocycles. The van der Waals surface area contributed by atoms with Crippen molar-refractivity contribution in [2.45, 2.75) is 19.4 Å². The number of anilines is 1. The van der Waals surface area contributed by atoms with Gasteiger partial charge in [-0.1, -0.05) is 12.1 Å². The van der Waals surface area contributed by atoms with Crippen LogP contribution in [-0.2, 0) is 17.8 Å². The van der Waals surface area contributed by atoms with Crippen LogP contribution in [0.2, 0.25) is 0 Å². The largest absolute Gasteiger partial charge is 0.332 e. The van der Waals surface area contributed by atoms with Crippen molar-refractivity contribution in [2.75, 3.05) is 19.0 Å². The highest BCUT2D eigenvalue weighted by molar-refractivity contribution is 9.18. The zero-order valence-electron chi connectivity index (χ0n) is 10.4. The Labute approximate surface area is 115 Å². The van der Waals surface area contributed by atoms with Crippen molar-refractivity contribution >= 4 is 32.3 Å². The zero-order valence-corrected chi connectivity index (χ0v) is 12.0. The Morgan fingerprint density at radius 1 is 1.44 bits per heavy atom. The molecule has 0 aromatic heterocycles. The Hall–Kier alpha value is -1.36. The molecule has 0 spiro atoms. The summed E-state index contributed by atoms with van der Waals surface area (Å²) in [6.45, 7) is 0.565. The van der Waals surface area contributed by atoms with E-state index in [0.717, 1.165) is 17.7 Å². The molecule has 2 rings (SSSR count). The highest BCUT2D eigenvalue weighted by Gasteiger charge is 2.20. The van der Waals surface area contributed by atoms with Crippen LogP contribution < -0.4 is 4.90 Å². The van der Waals surface area contributed by atoms with Crippen molar-refractivity contribution < 1.29 is 9.59 Å². The number of aryl methyl sites for hydroxylation is 1. The number of carbonyl (C=O) groups excluding carboxylic acids is 2. The molecule has 0 fully saturated rings. The van der Waals surface area contributed by atoms with E-state index >= 15 is 0 Å². The van der Waals surface area contributed by atoms with E-state index < -0.39 is 0 Å². The number of benzene rings is 1. The molecule has 0 radical (unpaired) electrons. The molecule has 0 atom stereocenters. The molecule has 1 aliphatic rings. The van der Waals surface area contributed by atoms with Gasteiger partial charge in [-0.05, 0) is 23.6 Å². The molecule has 1 aliphatic heterocycles. The van der Waals surface area contributed by atoms with E-state index in [4.69, 9.17) is 0 Å². The number of halogens is 1. The number of nitrogens with zero attached hydrogens (tertiary/aromatic N) is 2. The predicted octanol–water partition coefficient (Wildman–Crippen LogP) is 2.54. The second-order valence-electron chi connectivity index (χ2n) is 4.52. The van der Waals surface area contributed by atoms with E-state index in [1.165, 1.54) is 5.56 Å². The molecule has 96 valence electrons. The highest BCUT2D eigenvalue weighted by atomic mass is 79.9. The minimum atomic E-state index is -0.132. The topological polar surface area (TPSA) is 40.6 Å². The summed E-state index contributed by atoms with van der Waals surface area (Å²) in [6, 6.07) is 5.99. The minimum absolute atomic E-state index is 0.132. The molecule has 1 aromatic carbocycles. The monoisotopic (exact) mass is 310 g/mol. The van der Waals surface area contributed by atoms with Crippen molar-refractivity contribution in [1.82, 2.24) is 4.90 Å². The van der Waals surface area contributed by atoms with Gasteiger partial charge in [0.25, 0.3) is 4.82 Å². The lowest BCUT2D eigenvalue weighted by atomic mass is 9.99. The predicted molar refractivity (Wildman–Crippen MR) is 74.0 cm³/mol. The normalized spacial score (nSPS) is 14.4. The van der Waals surface area contributed by atoms with Crippen LogP contribution in [0.25, 0.3) is 0 Å². The summed E-state index contributed by atoms with van der Waals surface area (Å²) in [5.41, 5.74) is 3.22. The molecule has 0 saturated heterocycles. The number of amides is 2. The fraction of sp³-hybridized carbons (Fsp3) is 0.385. The van der Waals surface area contributed by atoms with Crippen molar-refractivity contribution in [1.29, 1.82) is 0 Å². The summed E-state index contributed by atoms with van der Waals surface area (Å²) >= 11 is 2.92. The summed E-state index contributed by atoms with van der Waals surface area (Å²) < 4.78 is 0. The Bertz CT molecular complexity index is 502. The van der Waals surface area contributed by atoms with Crippen LogP contribution in [0.4, 0.5) is 10.5 Å². The van der Waals surface area contributed by atoms with E-state index in [1.54, 1.807) is 23.9 Å². The first-order valence-corrected chi connectivity index (χ1v) is 6.57. The van der Waals surface area contributed by atoms with Crippen LogP contribution >= 0.6 is 15.9 Å². The van der Waals surface area contributed by atoms with E-state index in [0.29, 0.717) is 13.0 Å². The third-order valence-electron chi connectivity index (χ3n) is 3.21. The maximum absolute atomic E-state index is 11.6. The molecule has 4 nitrogen and oxygen atoms in total. The molecule has 0 bridgehead atoms. The molecular formula is C13H15BrN2O2. The highest BCUT2D eigenvalue weighted by Crippen LogP contribution is 2.27. The number of rotatable bonds is 2. The second-order valence-corrected chi connectivity index (χ2v) is 5.20. The maximum Gasteiger partial charge on any atom is 0.289 e. The van der Waals surface area contributed by atoms with Crippen LogP contribution in [0.15, 0.2) is 18.2 Å². The standard InChI is InChI=1S/C13H15BrN2O2/c1-15(13(14)18)8-9-3-5-11-10(7-9)4-6-12(17)16(11)2/h3,5,7H,4,6,8H2,1-2H3. The average Bonchev–Trinajstić information content (AvgIpc) is 2.34. The second kappa shape index (κ2) is 5.10. The lowest BCUT2D eigenvalue weighted by Gasteiger charge is -2.26. The SMILES string of the molecule is CN(Cc1ccc2c(c1)CCC(=O)N2C)C(=O)Br. The molecule has 1 aromatic rings. The van der Waals surface area contributed by atoms with Gasteiger partial charge >= 0.3 is 0 Å². The van der Waals surface area contributed by atoms with Crippen molar-refractivity contribution in [2.24, 2.45) is 0 Å². The summed E-state index contributed by atoms with van der Waals surface area (Å²) in [7, 11) is 3.54. The summed E-state index contributed by atoms with van der Waals surface area (Å²) in [6.07, 6.45) is 1.33. The number of carbonyl (C=O) groups is 2. The van der Waals surface area contributed by atoms with Gasteiger partial charge in [0, 0.05) is 48.7 Å². The fourth-order valence-electron chi connectivity index (χ4n) is 2.14. The molecular weight excluding hydrogens is 296 g/mol. The first kappa shape index (κ1) is 13.1. The summed E-state index contributed by atoms with van der Waals surface area (Å²) in [5, 5.41) is 0. The van der Waals surface area contributed by atoms with Gasteiger partial charge in [0.15, 0.2) is 0 Å². The minimum Gasteiger partial charge on any atom is -0.332 e. The summed E-state index contributed by atoms with van der Waals surface area (Å²) in [4.78, 5) is 25.9. The maximum atomic E-state index is 11.6. The molecule has 18 heavy (non-hydrogen) atoms. The Kier molecular flexibility index (Phi) is 3.71. The van der Waals surface area contributed by atoms with Crippen LogP contribution in [0.1, 0.15) is 17.5 Å². The average molecular weight is 311 g/mol. The van der Waals surface area contributed by atoms with E-state index in [9.17, 15) is 9.59 Å². The van der Waals surface area contributed by atoms with Crippen LogP contribution in [0.5, 0.6) is 0 Å². The smallest absolute Gasteiger partial charge is 0.289 e. The van der Waals surface area contributed by atoms with E-state index in [-0.39, 0.29) is 10.7 Å². The Morgan fingerprint density at radius 3 is 2.83 bits per heavy atom. The first-order chi connectivity index (χ1) is 8.49. The van der Waals surface area contributed by atoms with Gasteiger partial charge in [-0.15, -0.1) is 0 Å². The molecule has 2 amide bonds. The molecule has 5 heteroatoms. The van der Waals surface area contributed by atoms with Crippen molar-refractivity contribution in [3.05, 3.63) is 29.3 Å². The van der Waals surface area contributed by atoms with Crippen molar-refractivity contribution in [3.63, 3.8) is 0 Å². The first-order valence-electron chi connectivity index (χ1n) is 5.78. The number of hydrogen-bond acceptors (Lipinski definition) is 2. The van der Waals surface area contributed by atoms with Gasteiger partial charge in [0.05, 0.1) is 0 Å².